The van der Waals surface area contributed by atoms with Gasteiger partial charge in [0.15, 0.2) is 11.9 Å². The van der Waals surface area contributed by atoms with E-state index in [2.05, 4.69) is 22.3 Å². The Bertz CT molecular complexity index is 1020. The molecule has 1 saturated carbocycles. The van der Waals surface area contributed by atoms with Crippen LogP contribution in [-0.2, 0) is 16.1 Å². The number of anilines is 1. The van der Waals surface area contributed by atoms with Crippen molar-refractivity contribution < 1.29 is 24.5 Å². The Morgan fingerprint density at radius 3 is 2.34 bits per heavy atom. The van der Waals surface area contributed by atoms with Crippen LogP contribution in [0.1, 0.15) is 63.4 Å². The van der Waals surface area contributed by atoms with E-state index >= 15 is 0 Å². The lowest BCUT2D eigenvalue weighted by Gasteiger charge is -2.33. The molecule has 7 heteroatoms. The van der Waals surface area contributed by atoms with Gasteiger partial charge in [0.1, 0.15) is 11.9 Å². The summed E-state index contributed by atoms with van der Waals surface area (Å²) in [6.45, 7) is 2.72. The average molecular weight is 523 g/mol. The van der Waals surface area contributed by atoms with Gasteiger partial charge < -0.3 is 25.2 Å². The van der Waals surface area contributed by atoms with E-state index in [-0.39, 0.29) is 13.0 Å². The Labute approximate surface area is 226 Å². The van der Waals surface area contributed by atoms with Gasteiger partial charge >= 0.3 is 0 Å². The van der Waals surface area contributed by atoms with Gasteiger partial charge in [0.2, 0.25) is 0 Å². The first-order valence-electron chi connectivity index (χ1n) is 14.2. The van der Waals surface area contributed by atoms with E-state index in [4.69, 9.17) is 4.74 Å². The zero-order valence-electron chi connectivity index (χ0n) is 22.3. The number of amides is 1. The zero-order valence-corrected chi connectivity index (χ0v) is 22.3. The summed E-state index contributed by atoms with van der Waals surface area (Å²) in [5, 5.41) is 23.2. The number of aliphatic hydroxyl groups is 2. The predicted molar refractivity (Wildman–Crippen MR) is 148 cm³/mol. The summed E-state index contributed by atoms with van der Waals surface area (Å²) in [5.41, 5.74) is 2.04. The molecule has 1 heterocycles. The second-order valence-corrected chi connectivity index (χ2v) is 10.8. The lowest BCUT2D eigenvalue weighted by molar-refractivity contribution is -0.145. The fourth-order valence-corrected chi connectivity index (χ4v) is 5.61. The van der Waals surface area contributed by atoms with Crippen molar-refractivity contribution in [2.45, 2.75) is 76.5 Å². The smallest absolute Gasteiger partial charge is 0.252 e. The molecule has 2 aromatic rings. The number of hydrogen-bond acceptors (Lipinski definition) is 6. The van der Waals surface area contributed by atoms with Gasteiger partial charge in [-0.1, -0.05) is 56.0 Å². The molecule has 7 nitrogen and oxygen atoms in total. The number of para-hydroxylation sites is 1. The molecule has 1 aliphatic heterocycles. The highest BCUT2D eigenvalue weighted by molar-refractivity contribution is 5.91. The van der Waals surface area contributed by atoms with Crippen LogP contribution < -0.4 is 15.0 Å². The first-order chi connectivity index (χ1) is 18.5. The molecule has 2 aromatic carbocycles. The summed E-state index contributed by atoms with van der Waals surface area (Å²) >= 11 is 0. The van der Waals surface area contributed by atoms with Crippen molar-refractivity contribution in [2.75, 3.05) is 24.6 Å². The molecule has 1 aliphatic carbocycles. The molecule has 38 heavy (non-hydrogen) atoms. The third-order valence-corrected chi connectivity index (χ3v) is 8.07. The van der Waals surface area contributed by atoms with Crippen LogP contribution >= 0.6 is 0 Å². The molecular formula is C31H42N2O5. The van der Waals surface area contributed by atoms with Crippen LogP contribution in [0.3, 0.4) is 0 Å². The first kappa shape index (κ1) is 28.1. The van der Waals surface area contributed by atoms with Crippen molar-refractivity contribution in [1.82, 2.24) is 5.32 Å². The average Bonchev–Trinajstić information content (AvgIpc) is 3.48. The molecule has 2 aliphatic rings. The Morgan fingerprint density at radius 2 is 1.61 bits per heavy atom. The number of hydrogen-bond donors (Lipinski definition) is 3. The molecule has 2 atom stereocenters. The standard InChI is InChI=1S/C31H42N2O5/c34-28(14-13-24-15-18-33(19-16-24)26-10-2-1-3-11-26)29(35)30(36)31(37)32-22-25-9-6-12-27(21-25)38-20-17-23-7-4-5-8-23/h1-3,6,9-12,21,23-24,29-30,35-36H,4-5,7-8,13-20,22H2,(H,32,37)/t29-,30+/m0/s1. The molecule has 4 rings (SSSR count). The summed E-state index contributed by atoms with van der Waals surface area (Å²) in [7, 11) is 0. The van der Waals surface area contributed by atoms with Crippen molar-refractivity contribution in [3.8, 4) is 5.75 Å². The van der Waals surface area contributed by atoms with E-state index in [0.717, 1.165) is 49.6 Å². The number of piperidine rings is 1. The number of aliphatic hydroxyl groups excluding tert-OH is 2. The van der Waals surface area contributed by atoms with Crippen molar-refractivity contribution >= 4 is 17.4 Å². The van der Waals surface area contributed by atoms with E-state index in [1.165, 1.54) is 31.4 Å². The summed E-state index contributed by atoms with van der Waals surface area (Å²) in [6.07, 6.45) is 5.54. The van der Waals surface area contributed by atoms with Gasteiger partial charge in [-0.2, -0.15) is 0 Å². The van der Waals surface area contributed by atoms with E-state index in [0.29, 0.717) is 18.9 Å². The number of ketones is 1. The molecule has 206 valence electrons. The van der Waals surface area contributed by atoms with E-state index in [9.17, 15) is 19.8 Å². The number of nitrogens with zero attached hydrogens (tertiary/aromatic N) is 1. The lowest BCUT2D eigenvalue weighted by Crippen LogP contribution is -2.45. The van der Waals surface area contributed by atoms with Crippen LogP contribution in [-0.4, -0.2) is 53.8 Å². The van der Waals surface area contributed by atoms with Crippen molar-refractivity contribution in [2.24, 2.45) is 11.8 Å². The predicted octanol–water partition coefficient (Wildman–Crippen LogP) is 4.25. The van der Waals surface area contributed by atoms with Gasteiger partial charge in [0, 0.05) is 31.7 Å². The molecule has 1 amide bonds. The minimum Gasteiger partial charge on any atom is -0.494 e. The SMILES string of the molecule is O=C(CCC1CCN(c2ccccc2)CC1)[C@H](O)[C@@H](O)C(=O)NCc1cccc(OCCC2CCCC2)c1. The summed E-state index contributed by atoms with van der Waals surface area (Å²) in [5.74, 6) is 0.663. The van der Waals surface area contributed by atoms with Crippen molar-refractivity contribution in [3.63, 3.8) is 0 Å². The van der Waals surface area contributed by atoms with E-state index < -0.39 is 23.9 Å². The molecule has 0 spiro atoms. The molecule has 3 N–H and O–H groups in total. The Hall–Kier alpha value is -2.90. The third-order valence-electron chi connectivity index (χ3n) is 8.07. The number of benzene rings is 2. The van der Waals surface area contributed by atoms with Gasteiger partial charge in [-0.05, 0) is 67.3 Å². The zero-order chi connectivity index (χ0) is 26.7. The number of nitrogens with one attached hydrogen (secondary N) is 1. The van der Waals surface area contributed by atoms with Gasteiger partial charge in [0.25, 0.3) is 5.91 Å². The fourth-order valence-electron chi connectivity index (χ4n) is 5.61. The first-order valence-corrected chi connectivity index (χ1v) is 14.2. The van der Waals surface area contributed by atoms with Gasteiger partial charge in [-0.15, -0.1) is 0 Å². The van der Waals surface area contributed by atoms with E-state index in [1.807, 2.05) is 42.5 Å². The van der Waals surface area contributed by atoms with Crippen LogP contribution in [0.25, 0.3) is 0 Å². The van der Waals surface area contributed by atoms with E-state index in [1.54, 1.807) is 0 Å². The van der Waals surface area contributed by atoms with Crippen LogP contribution in [0.2, 0.25) is 0 Å². The van der Waals surface area contributed by atoms with Crippen molar-refractivity contribution in [3.05, 3.63) is 60.2 Å². The second-order valence-electron chi connectivity index (χ2n) is 10.8. The topological polar surface area (TPSA) is 99.1 Å². The van der Waals surface area contributed by atoms with Crippen molar-refractivity contribution in [1.29, 1.82) is 0 Å². The summed E-state index contributed by atoms with van der Waals surface area (Å²) in [4.78, 5) is 27.3. The monoisotopic (exact) mass is 522 g/mol. The number of carbonyl (C=O) groups excluding carboxylic acids is 2. The molecular weight excluding hydrogens is 480 g/mol. The van der Waals surface area contributed by atoms with Crippen LogP contribution in [0.15, 0.2) is 54.6 Å². The highest BCUT2D eigenvalue weighted by atomic mass is 16.5. The molecule has 0 unspecified atom stereocenters. The number of rotatable bonds is 13. The minimum absolute atomic E-state index is 0.155. The molecule has 0 bridgehead atoms. The normalized spacial score (nSPS) is 18.2. The van der Waals surface area contributed by atoms with Gasteiger partial charge in [0.05, 0.1) is 6.61 Å². The fraction of sp³-hybridized carbons (Fsp3) is 0.548. The Kier molecular flexibility index (Phi) is 10.6. The number of Topliss-reactive ketones (excluding diaryl/α,β-unsaturated/α-hetero) is 1. The number of carbonyl (C=O) groups is 2. The second kappa shape index (κ2) is 14.3. The molecule has 0 radical (unpaired) electrons. The molecule has 1 saturated heterocycles. The quantitative estimate of drug-likeness (QED) is 0.364. The number of ether oxygens (including phenoxy) is 1. The maximum absolute atomic E-state index is 12.5. The maximum Gasteiger partial charge on any atom is 0.252 e. The minimum atomic E-state index is -1.78. The third kappa shape index (κ3) is 8.30. The van der Waals surface area contributed by atoms with Gasteiger partial charge in [-0.25, -0.2) is 0 Å². The van der Waals surface area contributed by atoms with Gasteiger partial charge in [-0.3, -0.25) is 9.59 Å². The summed E-state index contributed by atoms with van der Waals surface area (Å²) in [6, 6.07) is 17.8. The van der Waals surface area contributed by atoms with Crippen LogP contribution in [0.5, 0.6) is 5.75 Å². The Morgan fingerprint density at radius 1 is 0.895 bits per heavy atom. The summed E-state index contributed by atoms with van der Waals surface area (Å²) < 4.78 is 5.89. The maximum atomic E-state index is 12.5. The lowest BCUT2D eigenvalue weighted by atomic mass is 9.90. The Balaban J connectivity index is 1.14. The molecule has 2 fully saturated rings. The van der Waals surface area contributed by atoms with Crippen LogP contribution in [0.4, 0.5) is 5.69 Å². The van der Waals surface area contributed by atoms with Crippen LogP contribution in [0, 0.1) is 11.8 Å². The highest BCUT2D eigenvalue weighted by Crippen LogP contribution is 2.28. The molecule has 0 aromatic heterocycles. The highest BCUT2D eigenvalue weighted by Gasteiger charge is 2.30. The largest absolute Gasteiger partial charge is 0.494 e.